The summed E-state index contributed by atoms with van der Waals surface area (Å²) in [6.45, 7) is 2.46. The lowest BCUT2D eigenvalue weighted by Gasteiger charge is -2.19. The third kappa shape index (κ3) is 4.18. The van der Waals surface area contributed by atoms with Crippen LogP contribution in [0.3, 0.4) is 0 Å². The third-order valence-corrected chi connectivity index (χ3v) is 6.32. The molecular formula is C26H21N3OS. The topological polar surface area (TPSA) is 46.1 Å². The summed E-state index contributed by atoms with van der Waals surface area (Å²) < 4.78 is 1.08. The number of aryl methyl sites for hydroxylation is 1. The maximum Gasteiger partial charge on any atom is 0.233 e. The van der Waals surface area contributed by atoms with Crippen molar-refractivity contribution in [2.45, 2.75) is 19.9 Å². The van der Waals surface area contributed by atoms with Gasteiger partial charge in [0.1, 0.15) is 0 Å². The van der Waals surface area contributed by atoms with E-state index in [1.807, 2.05) is 48.5 Å². The third-order valence-electron chi connectivity index (χ3n) is 5.28. The fourth-order valence-corrected chi connectivity index (χ4v) is 4.75. The van der Waals surface area contributed by atoms with Gasteiger partial charge in [0.25, 0.3) is 0 Å². The number of carbonyl (C=O) groups excluding carboxylic acids is 1. The van der Waals surface area contributed by atoms with Crippen LogP contribution in [0, 0.1) is 6.92 Å². The van der Waals surface area contributed by atoms with E-state index in [0.29, 0.717) is 18.1 Å². The summed E-state index contributed by atoms with van der Waals surface area (Å²) in [5.41, 5.74) is 3.92. The van der Waals surface area contributed by atoms with E-state index in [2.05, 4.69) is 42.2 Å². The molecule has 0 atom stereocenters. The molecule has 152 valence electrons. The van der Waals surface area contributed by atoms with Gasteiger partial charge in [0.2, 0.25) is 5.91 Å². The van der Waals surface area contributed by atoms with E-state index >= 15 is 0 Å². The van der Waals surface area contributed by atoms with Gasteiger partial charge in [-0.1, -0.05) is 65.9 Å². The van der Waals surface area contributed by atoms with Gasteiger partial charge in [-0.15, -0.1) is 0 Å². The smallest absolute Gasteiger partial charge is 0.233 e. The average molecular weight is 424 g/mol. The van der Waals surface area contributed by atoms with Crippen molar-refractivity contribution >= 4 is 43.4 Å². The van der Waals surface area contributed by atoms with Crippen LogP contribution >= 0.6 is 11.3 Å². The molecule has 3 aromatic carbocycles. The SMILES string of the molecule is Cc1ccc2nc(N(Cc3ccccn3)C(=O)Cc3ccc4ccccc4c3)sc2c1. The van der Waals surface area contributed by atoms with Crippen molar-refractivity contribution < 1.29 is 4.79 Å². The molecule has 0 N–H and O–H groups in total. The number of benzene rings is 3. The van der Waals surface area contributed by atoms with E-state index < -0.39 is 0 Å². The molecule has 5 heteroatoms. The Morgan fingerprint density at radius 3 is 2.61 bits per heavy atom. The number of hydrogen-bond acceptors (Lipinski definition) is 4. The lowest BCUT2D eigenvalue weighted by Crippen LogP contribution is -2.32. The quantitative estimate of drug-likeness (QED) is 0.352. The number of pyridine rings is 1. The van der Waals surface area contributed by atoms with E-state index in [-0.39, 0.29) is 5.91 Å². The molecule has 0 aliphatic carbocycles. The van der Waals surface area contributed by atoms with Crippen molar-refractivity contribution in [2.75, 3.05) is 4.90 Å². The fourth-order valence-electron chi connectivity index (χ4n) is 3.67. The molecule has 0 bridgehead atoms. The Hall–Kier alpha value is -3.57. The van der Waals surface area contributed by atoms with Crippen LogP contribution < -0.4 is 4.90 Å². The van der Waals surface area contributed by atoms with Crippen LogP contribution in [-0.2, 0) is 17.8 Å². The molecule has 0 radical (unpaired) electrons. The Balaban J connectivity index is 1.49. The van der Waals surface area contributed by atoms with Crippen LogP contribution in [0.1, 0.15) is 16.8 Å². The number of rotatable bonds is 5. The lowest BCUT2D eigenvalue weighted by molar-refractivity contribution is -0.118. The maximum absolute atomic E-state index is 13.5. The number of carbonyl (C=O) groups is 1. The second-order valence-electron chi connectivity index (χ2n) is 7.63. The van der Waals surface area contributed by atoms with E-state index in [1.54, 1.807) is 22.4 Å². The highest BCUT2D eigenvalue weighted by molar-refractivity contribution is 7.22. The van der Waals surface area contributed by atoms with Crippen LogP contribution in [0.2, 0.25) is 0 Å². The molecule has 31 heavy (non-hydrogen) atoms. The Kier molecular flexibility index (Phi) is 5.18. The number of hydrogen-bond donors (Lipinski definition) is 0. The minimum absolute atomic E-state index is 0.0108. The molecule has 0 aliphatic rings. The first kappa shape index (κ1) is 19.4. The Morgan fingerprint density at radius 1 is 0.935 bits per heavy atom. The van der Waals surface area contributed by atoms with Gasteiger partial charge < -0.3 is 0 Å². The van der Waals surface area contributed by atoms with Crippen molar-refractivity contribution in [3.63, 3.8) is 0 Å². The predicted octanol–water partition coefficient (Wildman–Crippen LogP) is 5.93. The predicted molar refractivity (Wildman–Crippen MR) is 127 cm³/mol. The number of fused-ring (bicyclic) bond motifs is 2. The molecule has 2 heterocycles. The Bertz CT molecular complexity index is 1380. The number of anilines is 1. The van der Waals surface area contributed by atoms with Crippen molar-refractivity contribution in [1.82, 2.24) is 9.97 Å². The highest BCUT2D eigenvalue weighted by Crippen LogP contribution is 2.31. The van der Waals surface area contributed by atoms with Crippen molar-refractivity contribution in [3.8, 4) is 0 Å². The molecule has 0 saturated heterocycles. The molecule has 0 aliphatic heterocycles. The second kappa shape index (κ2) is 8.28. The molecule has 4 nitrogen and oxygen atoms in total. The second-order valence-corrected chi connectivity index (χ2v) is 8.64. The minimum atomic E-state index is 0.0108. The largest absolute Gasteiger partial charge is 0.282 e. The zero-order valence-electron chi connectivity index (χ0n) is 17.2. The van der Waals surface area contributed by atoms with E-state index in [1.165, 1.54) is 10.9 Å². The first-order valence-corrected chi connectivity index (χ1v) is 11.0. The van der Waals surface area contributed by atoms with Crippen LogP contribution in [-0.4, -0.2) is 15.9 Å². The summed E-state index contributed by atoms with van der Waals surface area (Å²) in [5.74, 6) is 0.0108. The van der Waals surface area contributed by atoms with E-state index in [9.17, 15) is 4.79 Å². The molecule has 0 fully saturated rings. The van der Waals surface area contributed by atoms with Gasteiger partial charge in [0.15, 0.2) is 5.13 Å². The molecule has 5 aromatic rings. The van der Waals surface area contributed by atoms with Crippen LogP contribution in [0.25, 0.3) is 21.0 Å². The monoisotopic (exact) mass is 423 g/mol. The standard InChI is InChI=1S/C26H21N3OS/c1-18-9-12-23-24(14-18)31-26(28-23)29(17-22-8-4-5-13-27-22)25(30)16-19-10-11-20-6-2-3-7-21(20)15-19/h2-15H,16-17H2,1H3. The molecule has 0 saturated carbocycles. The van der Waals surface area contributed by atoms with Gasteiger partial charge in [-0.05, 0) is 53.1 Å². The summed E-state index contributed by atoms with van der Waals surface area (Å²) in [7, 11) is 0. The van der Waals surface area contributed by atoms with Gasteiger partial charge >= 0.3 is 0 Å². The number of thiazole rings is 1. The number of nitrogens with zero attached hydrogens (tertiary/aromatic N) is 3. The fraction of sp³-hybridized carbons (Fsp3) is 0.115. The minimum Gasteiger partial charge on any atom is -0.282 e. The average Bonchev–Trinajstić information content (AvgIpc) is 3.20. The van der Waals surface area contributed by atoms with Gasteiger partial charge in [0, 0.05) is 6.20 Å². The maximum atomic E-state index is 13.5. The van der Waals surface area contributed by atoms with E-state index in [4.69, 9.17) is 4.98 Å². The summed E-state index contributed by atoms with van der Waals surface area (Å²) in [5, 5.41) is 3.02. The Labute approximate surface area is 184 Å². The molecule has 0 unspecified atom stereocenters. The van der Waals surface area contributed by atoms with Crippen molar-refractivity contribution in [1.29, 1.82) is 0 Å². The highest BCUT2D eigenvalue weighted by atomic mass is 32.1. The molecule has 0 spiro atoms. The molecule has 1 amide bonds. The number of aromatic nitrogens is 2. The van der Waals surface area contributed by atoms with Crippen molar-refractivity contribution in [3.05, 3.63) is 102 Å². The van der Waals surface area contributed by atoms with Gasteiger partial charge in [-0.25, -0.2) is 4.98 Å². The summed E-state index contributed by atoms with van der Waals surface area (Å²) >= 11 is 1.55. The van der Waals surface area contributed by atoms with E-state index in [0.717, 1.165) is 26.9 Å². The molecule has 2 aromatic heterocycles. The van der Waals surface area contributed by atoms with Gasteiger partial charge in [0.05, 0.1) is 28.9 Å². The Morgan fingerprint density at radius 2 is 1.77 bits per heavy atom. The summed E-state index contributed by atoms with van der Waals surface area (Å²) in [6, 6.07) is 26.3. The van der Waals surface area contributed by atoms with Crippen LogP contribution in [0.5, 0.6) is 0 Å². The zero-order valence-corrected chi connectivity index (χ0v) is 18.0. The number of amides is 1. The summed E-state index contributed by atoms with van der Waals surface area (Å²) in [6.07, 6.45) is 2.07. The first-order valence-electron chi connectivity index (χ1n) is 10.2. The zero-order chi connectivity index (χ0) is 21.2. The van der Waals surface area contributed by atoms with Gasteiger partial charge in [-0.3, -0.25) is 14.7 Å². The van der Waals surface area contributed by atoms with Gasteiger partial charge in [-0.2, -0.15) is 0 Å². The van der Waals surface area contributed by atoms with Crippen LogP contribution in [0.4, 0.5) is 5.13 Å². The normalized spacial score (nSPS) is 11.1. The van der Waals surface area contributed by atoms with Crippen LogP contribution in [0.15, 0.2) is 85.1 Å². The molecular weight excluding hydrogens is 402 g/mol. The first-order chi connectivity index (χ1) is 15.2. The molecule has 5 rings (SSSR count). The highest BCUT2D eigenvalue weighted by Gasteiger charge is 2.21. The van der Waals surface area contributed by atoms with Crippen molar-refractivity contribution in [2.24, 2.45) is 0 Å². The lowest BCUT2D eigenvalue weighted by atomic mass is 10.0. The summed E-state index contributed by atoms with van der Waals surface area (Å²) in [4.78, 5) is 24.4.